The van der Waals surface area contributed by atoms with Crippen LogP contribution in [0.2, 0.25) is 0 Å². The van der Waals surface area contributed by atoms with Gasteiger partial charge in [-0.15, -0.1) is 0 Å². The molecule has 0 saturated heterocycles. The Labute approximate surface area is 90.7 Å². The molecule has 0 aliphatic rings. The summed E-state index contributed by atoms with van der Waals surface area (Å²) in [6.45, 7) is 0. The third kappa shape index (κ3) is 4.81. The molecule has 0 aromatic carbocycles. The number of carbonyl (C=O) groups excluding carboxylic acids is 2. The molecule has 14 heavy (non-hydrogen) atoms. The first-order valence-electron chi connectivity index (χ1n) is 3.75. The summed E-state index contributed by atoms with van der Waals surface area (Å²) >= 11 is 3.12. The van der Waals surface area contributed by atoms with E-state index >= 15 is 0 Å². The lowest BCUT2D eigenvalue weighted by Gasteiger charge is -1.98. The van der Waals surface area contributed by atoms with E-state index in [1.54, 1.807) is 0 Å². The molecule has 0 N–H and O–H groups in total. The average molecular weight is 263 g/mol. The lowest BCUT2D eigenvalue weighted by atomic mass is 10.3. The standard InChI is InChI=1S/C9H11BrO4/c1-13-8(11)5-3-4-7(6-10)9(12)14-2/h3-5H,6H2,1-2H3/b5-3-,7-4-. The fourth-order valence-electron chi connectivity index (χ4n) is 0.609. The Bertz CT molecular complexity index is 268. The van der Waals surface area contributed by atoms with Crippen molar-refractivity contribution in [1.82, 2.24) is 0 Å². The minimum absolute atomic E-state index is 0.366. The lowest BCUT2D eigenvalue weighted by molar-refractivity contribution is -0.136. The lowest BCUT2D eigenvalue weighted by Crippen LogP contribution is -2.05. The first-order chi connectivity index (χ1) is 6.65. The quantitative estimate of drug-likeness (QED) is 0.331. The van der Waals surface area contributed by atoms with Crippen LogP contribution in [0.5, 0.6) is 0 Å². The topological polar surface area (TPSA) is 52.6 Å². The van der Waals surface area contributed by atoms with E-state index < -0.39 is 11.9 Å². The van der Waals surface area contributed by atoms with E-state index in [0.29, 0.717) is 10.9 Å². The summed E-state index contributed by atoms with van der Waals surface area (Å²) < 4.78 is 8.87. The summed E-state index contributed by atoms with van der Waals surface area (Å²) in [7, 11) is 2.57. The van der Waals surface area contributed by atoms with Crippen LogP contribution in [0.3, 0.4) is 0 Å². The minimum Gasteiger partial charge on any atom is -0.466 e. The van der Waals surface area contributed by atoms with Crippen LogP contribution in [0, 0.1) is 0 Å². The second-order valence-electron chi connectivity index (χ2n) is 2.20. The van der Waals surface area contributed by atoms with Crippen molar-refractivity contribution in [3.8, 4) is 0 Å². The normalized spacial score (nSPS) is 11.5. The highest BCUT2D eigenvalue weighted by atomic mass is 79.9. The van der Waals surface area contributed by atoms with Crippen LogP contribution in [0.4, 0.5) is 0 Å². The fraction of sp³-hybridized carbons (Fsp3) is 0.333. The van der Waals surface area contributed by atoms with Gasteiger partial charge in [0.1, 0.15) is 0 Å². The molecule has 0 radical (unpaired) electrons. The van der Waals surface area contributed by atoms with Crippen molar-refractivity contribution in [1.29, 1.82) is 0 Å². The van der Waals surface area contributed by atoms with E-state index in [0.717, 1.165) is 0 Å². The number of hydrogen-bond donors (Lipinski definition) is 0. The van der Waals surface area contributed by atoms with Gasteiger partial charge in [-0.25, -0.2) is 9.59 Å². The molecule has 0 bridgehead atoms. The van der Waals surface area contributed by atoms with Crippen molar-refractivity contribution in [3.05, 3.63) is 23.8 Å². The van der Waals surface area contributed by atoms with Crippen molar-refractivity contribution >= 4 is 27.9 Å². The largest absolute Gasteiger partial charge is 0.466 e. The molecule has 0 aliphatic carbocycles. The number of hydrogen-bond acceptors (Lipinski definition) is 4. The highest BCUT2D eigenvalue weighted by molar-refractivity contribution is 9.09. The summed E-state index contributed by atoms with van der Waals surface area (Å²) in [6, 6.07) is 0. The van der Waals surface area contributed by atoms with Gasteiger partial charge < -0.3 is 9.47 Å². The van der Waals surface area contributed by atoms with Gasteiger partial charge in [-0.1, -0.05) is 28.1 Å². The van der Waals surface area contributed by atoms with Crippen LogP contribution >= 0.6 is 15.9 Å². The van der Waals surface area contributed by atoms with Gasteiger partial charge in [0.15, 0.2) is 0 Å². The second-order valence-corrected chi connectivity index (χ2v) is 2.76. The first-order valence-corrected chi connectivity index (χ1v) is 4.87. The number of halogens is 1. The Morgan fingerprint density at radius 1 is 1.29 bits per heavy atom. The van der Waals surface area contributed by atoms with Crippen molar-refractivity contribution < 1.29 is 19.1 Å². The van der Waals surface area contributed by atoms with Crippen LogP contribution in [0.1, 0.15) is 0 Å². The Hall–Kier alpha value is -1.10. The molecule has 5 heteroatoms. The number of carbonyl (C=O) groups is 2. The number of rotatable bonds is 4. The number of ether oxygens (including phenoxy) is 2. The van der Waals surface area contributed by atoms with Crippen LogP contribution < -0.4 is 0 Å². The van der Waals surface area contributed by atoms with Gasteiger partial charge in [0.25, 0.3) is 0 Å². The summed E-state index contributed by atoms with van der Waals surface area (Å²) in [6.07, 6.45) is 4.13. The van der Waals surface area contributed by atoms with Crippen LogP contribution in [-0.2, 0) is 19.1 Å². The maximum absolute atomic E-state index is 11.0. The molecule has 0 amide bonds. The highest BCUT2D eigenvalue weighted by Gasteiger charge is 2.05. The molecule has 78 valence electrons. The summed E-state index contributed by atoms with van der Waals surface area (Å²) in [5.41, 5.74) is 0.424. The van der Waals surface area contributed by atoms with Gasteiger partial charge in [-0.2, -0.15) is 0 Å². The molecular weight excluding hydrogens is 252 g/mol. The summed E-state index contributed by atoms with van der Waals surface area (Å²) in [5, 5.41) is 0.366. The summed E-state index contributed by atoms with van der Waals surface area (Å²) in [4.78, 5) is 21.7. The first kappa shape index (κ1) is 12.9. The maximum atomic E-state index is 11.0. The van der Waals surface area contributed by atoms with Crippen molar-refractivity contribution in [2.45, 2.75) is 0 Å². The average Bonchev–Trinajstić information content (AvgIpc) is 2.22. The molecule has 0 aromatic rings. The van der Waals surface area contributed by atoms with Gasteiger partial charge in [0, 0.05) is 17.0 Å². The monoisotopic (exact) mass is 262 g/mol. The van der Waals surface area contributed by atoms with E-state index in [1.807, 2.05) is 0 Å². The molecule has 0 heterocycles. The molecule has 0 fully saturated rings. The van der Waals surface area contributed by atoms with Crippen molar-refractivity contribution in [2.75, 3.05) is 19.5 Å². The van der Waals surface area contributed by atoms with Gasteiger partial charge in [0.05, 0.1) is 14.2 Å². The predicted octanol–water partition coefficient (Wildman–Crippen LogP) is 1.21. The predicted molar refractivity (Wildman–Crippen MR) is 55.0 cm³/mol. The Morgan fingerprint density at radius 3 is 2.36 bits per heavy atom. The number of methoxy groups -OCH3 is 2. The number of alkyl halides is 1. The van der Waals surface area contributed by atoms with Gasteiger partial charge in [-0.3, -0.25) is 0 Å². The second kappa shape index (κ2) is 7.32. The molecule has 0 aromatic heterocycles. The molecule has 0 spiro atoms. The Balaban J connectivity index is 4.39. The molecule has 4 nitrogen and oxygen atoms in total. The van der Waals surface area contributed by atoms with Gasteiger partial charge >= 0.3 is 11.9 Å². The molecule has 0 unspecified atom stereocenters. The minimum atomic E-state index is -0.472. The van der Waals surface area contributed by atoms with E-state index in [4.69, 9.17) is 0 Å². The smallest absolute Gasteiger partial charge is 0.334 e. The molecule has 0 rings (SSSR count). The zero-order valence-corrected chi connectivity index (χ0v) is 9.54. The van der Waals surface area contributed by atoms with Crippen LogP contribution in [0.25, 0.3) is 0 Å². The van der Waals surface area contributed by atoms with E-state index in [-0.39, 0.29) is 0 Å². The number of allylic oxidation sites excluding steroid dienone is 2. The maximum Gasteiger partial charge on any atom is 0.334 e. The Morgan fingerprint density at radius 2 is 1.93 bits per heavy atom. The van der Waals surface area contributed by atoms with Crippen LogP contribution in [0.15, 0.2) is 23.8 Å². The van der Waals surface area contributed by atoms with Crippen LogP contribution in [-0.4, -0.2) is 31.5 Å². The van der Waals surface area contributed by atoms with Crippen molar-refractivity contribution in [3.63, 3.8) is 0 Å². The molecule has 0 saturated carbocycles. The summed E-state index contributed by atoms with van der Waals surface area (Å²) in [5.74, 6) is -0.906. The molecular formula is C9H11BrO4. The molecule has 0 atom stereocenters. The van der Waals surface area contributed by atoms with Crippen molar-refractivity contribution in [2.24, 2.45) is 0 Å². The zero-order chi connectivity index (χ0) is 11.0. The van der Waals surface area contributed by atoms with Gasteiger partial charge in [0.2, 0.25) is 0 Å². The number of esters is 2. The third-order valence-electron chi connectivity index (χ3n) is 1.32. The van der Waals surface area contributed by atoms with E-state index in [2.05, 4.69) is 25.4 Å². The highest BCUT2D eigenvalue weighted by Crippen LogP contribution is 2.02. The fourth-order valence-corrected chi connectivity index (χ4v) is 1.02. The Kier molecular flexibility index (Phi) is 6.74. The third-order valence-corrected chi connectivity index (χ3v) is 1.93. The van der Waals surface area contributed by atoms with E-state index in [9.17, 15) is 9.59 Å². The van der Waals surface area contributed by atoms with Gasteiger partial charge in [-0.05, 0) is 0 Å². The SMILES string of the molecule is COC(=O)/C=C\C=C(\CBr)C(=O)OC. The zero-order valence-electron chi connectivity index (χ0n) is 7.95. The molecule has 0 aliphatic heterocycles. The van der Waals surface area contributed by atoms with E-state index in [1.165, 1.54) is 32.4 Å².